The zero-order valence-electron chi connectivity index (χ0n) is 14.0. The van der Waals surface area contributed by atoms with E-state index >= 15 is 0 Å². The van der Waals surface area contributed by atoms with Crippen molar-refractivity contribution in [2.24, 2.45) is 4.99 Å². The molecule has 0 saturated heterocycles. The molecule has 0 spiro atoms. The van der Waals surface area contributed by atoms with Gasteiger partial charge in [-0.15, -0.1) is 0 Å². The number of imidazole rings is 1. The standard InChI is InChI=1S/C19H14Cl3N5/c20-13-6-4-12(5-7-13)8-23-18-17-19(25-10-24-17)27(11-26-18)9-14-15(21)2-1-3-16(14)22/h1-7,10-11H,8-9H2,(H,24,25). The minimum atomic E-state index is 0.463. The molecule has 4 rings (SSSR count). The zero-order valence-corrected chi connectivity index (χ0v) is 16.3. The molecule has 0 aliphatic heterocycles. The highest BCUT2D eigenvalue weighted by Gasteiger charge is 2.10. The first-order valence-corrected chi connectivity index (χ1v) is 9.31. The maximum Gasteiger partial charge on any atom is 0.177 e. The van der Waals surface area contributed by atoms with Crippen LogP contribution in [-0.2, 0) is 13.1 Å². The van der Waals surface area contributed by atoms with E-state index in [9.17, 15) is 0 Å². The van der Waals surface area contributed by atoms with Crippen molar-refractivity contribution in [3.8, 4) is 0 Å². The van der Waals surface area contributed by atoms with Crippen LogP contribution in [0.1, 0.15) is 11.1 Å². The van der Waals surface area contributed by atoms with E-state index in [0.29, 0.717) is 33.6 Å². The summed E-state index contributed by atoms with van der Waals surface area (Å²) in [7, 11) is 0. The van der Waals surface area contributed by atoms with Gasteiger partial charge in [0.2, 0.25) is 0 Å². The predicted octanol–water partition coefficient (Wildman–Crippen LogP) is 4.87. The smallest absolute Gasteiger partial charge is 0.177 e. The van der Waals surface area contributed by atoms with Gasteiger partial charge in [-0.2, -0.15) is 0 Å². The van der Waals surface area contributed by atoms with Crippen molar-refractivity contribution in [1.29, 1.82) is 0 Å². The van der Waals surface area contributed by atoms with Gasteiger partial charge in [0.05, 0.1) is 25.7 Å². The van der Waals surface area contributed by atoms with Crippen molar-refractivity contribution >= 4 is 46.0 Å². The molecule has 2 heterocycles. The number of aromatic amines is 1. The molecule has 136 valence electrons. The van der Waals surface area contributed by atoms with Crippen LogP contribution in [0.25, 0.3) is 11.2 Å². The molecule has 0 saturated carbocycles. The van der Waals surface area contributed by atoms with Gasteiger partial charge in [-0.3, -0.25) is 4.99 Å². The largest absolute Gasteiger partial charge is 0.340 e. The van der Waals surface area contributed by atoms with E-state index in [4.69, 9.17) is 34.8 Å². The van der Waals surface area contributed by atoms with E-state index in [-0.39, 0.29) is 0 Å². The molecule has 27 heavy (non-hydrogen) atoms. The lowest BCUT2D eigenvalue weighted by Gasteiger charge is -2.10. The summed E-state index contributed by atoms with van der Waals surface area (Å²) < 4.78 is 1.89. The predicted molar refractivity (Wildman–Crippen MR) is 108 cm³/mol. The van der Waals surface area contributed by atoms with Crippen molar-refractivity contribution in [2.75, 3.05) is 0 Å². The Hall–Kier alpha value is -2.34. The first kappa shape index (κ1) is 18.0. The number of benzene rings is 2. The molecule has 0 unspecified atom stereocenters. The van der Waals surface area contributed by atoms with Gasteiger partial charge >= 0.3 is 0 Å². The molecule has 4 aromatic rings. The van der Waals surface area contributed by atoms with E-state index in [1.54, 1.807) is 12.7 Å². The molecule has 2 aromatic carbocycles. The van der Waals surface area contributed by atoms with Crippen LogP contribution in [0.2, 0.25) is 15.1 Å². The summed E-state index contributed by atoms with van der Waals surface area (Å²) in [6.45, 7) is 0.961. The molecule has 0 radical (unpaired) electrons. The fraction of sp³-hybridized carbons (Fsp3) is 0.105. The number of hydrogen-bond donors (Lipinski definition) is 1. The van der Waals surface area contributed by atoms with Crippen molar-refractivity contribution in [1.82, 2.24) is 19.5 Å². The number of nitrogens with zero attached hydrogens (tertiary/aromatic N) is 4. The zero-order chi connectivity index (χ0) is 18.8. The summed E-state index contributed by atoms with van der Waals surface area (Å²) in [5.74, 6) is 0. The number of hydrogen-bond acceptors (Lipinski definition) is 3. The molecule has 0 fully saturated rings. The maximum atomic E-state index is 6.29. The van der Waals surface area contributed by atoms with Crippen LogP contribution in [0.5, 0.6) is 0 Å². The van der Waals surface area contributed by atoms with Crippen LogP contribution in [0, 0.1) is 0 Å². The Kier molecular flexibility index (Phi) is 5.16. The summed E-state index contributed by atoms with van der Waals surface area (Å²) in [6.07, 6.45) is 3.32. The number of fused-ring (bicyclic) bond motifs is 1. The molecular formula is C19H14Cl3N5. The molecule has 2 aromatic heterocycles. The highest BCUT2D eigenvalue weighted by atomic mass is 35.5. The molecule has 5 nitrogen and oxygen atoms in total. The van der Waals surface area contributed by atoms with E-state index < -0.39 is 0 Å². The Morgan fingerprint density at radius 3 is 2.44 bits per heavy atom. The summed E-state index contributed by atoms with van der Waals surface area (Å²) in [6, 6.07) is 13.0. The molecular weight excluding hydrogens is 405 g/mol. The molecule has 0 aliphatic rings. The molecule has 0 amide bonds. The van der Waals surface area contributed by atoms with Crippen LogP contribution in [0.3, 0.4) is 0 Å². The van der Waals surface area contributed by atoms with E-state index in [2.05, 4.69) is 19.9 Å². The average Bonchev–Trinajstić information content (AvgIpc) is 3.15. The highest BCUT2D eigenvalue weighted by Crippen LogP contribution is 2.25. The number of aromatic nitrogens is 4. The Bertz CT molecular complexity index is 1140. The molecule has 0 bridgehead atoms. The van der Waals surface area contributed by atoms with Crippen molar-refractivity contribution in [2.45, 2.75) is 13.1 Å². The van der Waals surface area contributed by atoms with Gasteiger partial charge in [-0.05, 0) is 29.8 Å². The SMILES string of the molecule is Clc1ccc(CN=c2ncn(Cc3c(Cl)cccc3Cl)c3nc[nH]c23)cc1. The van der Waals surface area contributed by atoms with Gasteiger partial charge in [0.25, 0.3) is 0 Å². The third-order valence-corrected chi connectivity index (χ3v) is 5.11. The van der Waals surface area contributed by atoms with Crippen molar-refractivity contribution < 1.29 is 0 Å². The lowest BCUT2D eigenvalue weighted by molar-refractivity contribution is 0.782. The summed E-state index contributed by atoms with van der Waals surface area (Å²) >= 11 is 18.5. The number of halogens is 3. The van der Waals surface area contributed by atoms with E-state index in [0.717, 1.165) is 22.3 Å². The van der Waals surface area contributed by atoms with Gasteiger partial charge < -0.3 is 9.55 Å². The fourth-order valence-corrected chi connectivity index (χ4v) is 3.40. The van der Waals surface area contributed by atoms with Crippen molar-refractivity contribution in [3.05, 3.63) is 86.8 Å². The van der Waals surface area contributed by atoms with Crippen molar-refractivity contribution in [3.63, 3.8) is 0 Å². The molecule has 0 aliphatic carbocycles. The minimum Gasteiger partial charge on any atom is -0.340 e. The van der Waals surface area contributed by atoms with Gasteiger partial charge in [0.1, 0.15) is 5.52 Å². The van der Waals surface area contributed by atoms with Gasteiger partial charge in [0, 0.05) is 20.6 Å². The Labute approximate surface area is 170 Å². The second-order valence-electron chi connectivity index (χ2n) is 5.94. The fourth-order valence-electron chi connectivity index (χ4n) is 2.76. The van der Waals surface area contributed by atoms with Crippen LogP contribution < -0.4 is 5.49 Å². The summed E-state index contributed by atoms with van der Waals surface area (Å²) in [5, 5.41) is 1.91. The average molecular weight is 419 g/mol. The molecule has 8 heteroatoms. The monoisotopic (exact) mass is 417 g/mol. The van der Waals surface area contributed by atoms with E-state index in [1.807, 2.05) is 47.0 Å². The number of rotatable bonds is 4. The Morgan fingerprint density at radius 2 is 1.70 bits per heavy atom. The Morgan fingerprint density at radius 1 is 0.963 bits per heavy atom. The first-order valence-electron chi connectivity index (χ1n) is 8.18. The first-order chi connectivity index (χ1) is 13.1. The minimum absolute atomic E-state index is 0.463. The highest BCUT2D eigenvalue weighted by molar-refractivity contribution is 6.36. The molecule has 0 atom stereocenters. The topological polar surface area (TPSA) is 58.9 Å². The maximum absolute atomic E-state index is 6.29. The third kappa shape index (κ3) is 3.86. The quantitative estimate of drug-likeness (QED) is 0.514. The lowest BCUT2D eigenvalue weighted by Crippen LogP contribution is -2.15. The Balaban J connectivity index is 1.70. The van der Waals surface area contributed by atoms with Crippen LogP contribution in [-0.4, -0.2) is 19.5 Å². The van der Waals surface area contributed by atoms with Gasteiger partial charge in [0.15, 0.2) is 11.1 Å². The van der Waals surface area contributed by atoms with E-state index in [1.165, 1.54) is 0 Å². The molecule has 1 N–H and O–H groups in total. The van der Waals surface area contributed by atoms with Gasteiger partial charge in [-0.25, -0.2) is 9.97 Å². The summed E-state index contributed by atoms with van der Waals surface area (Å²) in [5.41, 5.74) is 3.96. The normalized spacial score (nSPS) is 12.0. The second kappa shape index (κ2) is 7.72. The van der Waals surface area contributed by atoms with Crippen LogP contribution in [0.4, 0.5) is 0 Å². The lowest BCUT2D eigenvalue weighted by atomic mass is 10.2. The number of nitrogens with one attached hydrogen (secondary N) is 1. The second-order valence-corrected chi connectivity index (χ2v) is 7.19. The van der Waals surface area contributed by atoms with Crippen LogP contribution >= 0.6 is 34.8 Å². The number of H-pyrrole nitrogens is 1. The third-order valence-electron chi connectivity index (χ3n) is 4.15. The van der Waals surface area contributed by atoms with Gasteiger partial charge in [-0.1, -0.05) is 53.0 Å². The summed E-state index contributed by atoms with van der Waals surface area (Å²) in [4.78, 5) is 16.6. The van der Waals surface area contributed by atoms with Crippen LogP contribution in [0.15, 0.2) is 60.1 Å².